The quantitative estimate of drug-likeness (QED) is 0.676. The third kappa shape index (κ3) is 4.65. The van der Waals surface area contributed by atoms with Crippen molar-refractivity contribution in [2.75, 3.05) is 5.32 Å². The molecule has 0 aliphatic carbocycles. The Morgan fingerprint density at radius 2 is 1.43 bits per heavy atom. The van der Waals surface area contributed by atoms with Crippen molar-refractivity contribution < 1.29 is 9.59 Å². The molecular weight excluding hydrogens is 348 g/mol. The van der Waals surface area contributed by atoms with Gasteiger partial charge in [0.15, 0.2) is 0 Å². The summed E-state index contributed by atoms with van der Waals surface area (Å²) in [4.78, 5) is 25.1. The zero-order valence-electron chi connectivity index (χ0n) is 16.4. The number of anilines is 1. The van der Waals surface area contributed by atoms with Gasteiger partial charge in [-0.05, 0) is 73.4 Å². The topological polar surface area (TPSA) is 58.2 Å². The minimum atomic E-state index is -0.239. The van der Waals surface area contributed by atoms with Gasteiger partial charge in [-0.1, -0.05) is 36.4 Å². The maximum atomic E-state index is 12.6. The standard InChI is InChI=1S/C24H24N2O2/c1-16-11-12-22(13-18(16)3)26-24(28)20-10-6-9-19(14-20)23(27)25-15-21-8-5-4-7-17(21)2/h4-14H,15H2,1-3H3,(H,25,27)(H,26,28). The molecule has 28 heavy (non-hydrogen) atoms. The third-order valence-electron chi connectivity index (χ3n) is 4.85. The van der Waals surface area contributed by atoms with Crippen molar-refractivity contribution in [3.8, 4) is 0 Å². The predicted octanol–water partition coefficient (Wildman–Crippen LogP) is 4.79. The first-order chi connectivity index (χ1) is 13.4. The lowest BCUT2D eigenvalue weighted by atomic mass is 10.1. The van der Waals surface area contributed by atoms with E-state index in [1.54, 1.807) is 24.3 Å². The Bertz CT molecular complexity index is 1020. The Morgan fingerprint density at radius 1 is 0.714 bits per heavy atom. The van der Waals surface area contributed by atoms with Crippen molar-refractivity contribution in [3.63, 3.8) is 0 Å². The molecule has 0 fully saturated rings. The SMILES string of the molecule is Cc1ccc(NC(=O)c2cccc(C(=O)NCc3ccccc3C)c2)cc1C. The number of aryl methyl sites for hydroxylation is 3. The molecule has 2 N–H and O–H groups in total. The van der Waals surface area contributed by atoms with Gasteiger partial charge in [0, 0.05) is 23.4 Å². The number of carbonyl (C=O) groups excluding carboxylic acids is 2. The summed E-state index contributed by atoms with van der Waals surface area (Å²) in [5.41, 5.74) is 6.13. The van der Waals surface area contributed by atoms with Crippen LogP contribution < -0.4 is 10.6 Å². The van der Waals surface area contributed by atoms with Gasteiger partial charge in [0.25, 0.3) is 11.8 Å². The van der Waals surface area contributed by atoms with Crippen LogP contribution in [-0.2, 0) is 6.54 Å². The van der Waals surface area contributed by atoms with E-state index >= 15 is 0 Å². The molecule has 0 aliphatic rings. The predicted molar refractivity (Wildman–Crippen MR) is 113 cm³/mol. The van der Waals surface area contributed by atoms with Crippen LogP contribution in [0, 0.1) is 20.8 Å². The lowest BCUT2D eigenvalue weighted by Crippen LogP contribution is -2.23. The first-order valence-corrected chi connectivity index (χ1v) is 9.25. The Morgan fingerprint density at radius 3 is 2.14 bits per heavy atom. The van der Waals surface area contributed by atoms with E-state index in [4.69, 9.17) is 0 Å². The van der Waals surface area contributed by atoms with Crippen LogP contribution in [0.5, 0.6) is 0 Å². The molecule has 0 aromatic heterocycles. The van der Waals surface area contributed by atoms with E-state index in [1.165, 1.54) is 5.56 Å². The van der Waals surface area contributed by atoms with Crippen LogP contribution in [0.3, 0.4) is 0 Å². The molecule has 0 saturated carbocycles. The summed E-state index contributed by atoms with van der Waals surface area (Å²) in [6.45, 7) is 6.49. The van der Waals surface area contributed by atoms with E-state index in [0.717, 1.165) is 22.4 Å². The van der Waals surface area contributed by atoms with E-state index < -0.39 is 0 Å². The largest absolute Gasteiger partial charge is 0.348 e. The van der Waals surface area contributed by atoms with Crippen molar-refractivity contribution >= 4 is 17.5 Å². The van der Waals surface area contributed by atoms with Gasteiger partial charge in [-0.2, -0.15) is 0 Å². The fourth-order valence-electron chi connectivity index (χ4n) is 2.91. The second kappa shape index (κ2) is 8.53. The summed E-state index contributed by atoms with van der Waals surface area (Å²) >= 11 is 0. The Hall–Kier alpha value is -3.40. The summed E-state index contributed by atoms with van der Waals surface area (Å²) in [6.07, 6.45) is 0. The number of hydrogen-bond donors (Lipinski definition) is 2. The van der Waals surface area contributed by atoms with Gasteiger partial charge in [0.05, 0.1) is 0 Å². The minimum Gasteiger partial charge on any atom is -0.348 e. The molecule has 4 nitrogen and oxygen atoms in total. The van der Waals surface area contributed by atoms with Gasteiger partial charge >= 0.3 is 0 Å². The number of amides is 2. The molecule has 3 rings (SSSR count). The molecule has 0 aliphatic heterocycles. The highest BCUT2D eigenvalue weighted by Gasteiger charge is 2.11. The van der Waals surface area contributed by atoms with Crippen LogP contribution in [0.25, 0.3) is 0 Å². The highest BCUT2D eigenvalue weighted by molar-refractivity contribution is 6.06. The first-order valence-electron chi connectivity index (χ1n) is 9.25. The van der Waals surface area contributed by atoms with Gasteiger partial charge < -0.3 is 10.6 Å². The maximum absolute atomic E-state index is 12.6. The van der Waals surface area contributed by atoms with Crippen LogP contribution in [0.2, 0.25) is 0 Å². The summed E-state index contributed by atoms with van der Waals surface area (Å²) in [5.74, 6) is -0.444. The second-order valence-electron chi connectivity index (χ2n) is 6.94. The van der Waals surface area contributed by atoms with Gasteiger partial charge in [-0.3, -0.25) is 9.59 Å². The van der Waals surface area contributed by atoms with E-state index in [9.17, 15) is 9.59 Å². The van der Waals surface area contributed by atoms with Crippen molar-refractivity contribution in [2.45, 2.75) is 27.3 Å². The number of benzene rings is 3. The van der Waals surface area contributed by atoms with Crippen molar-refractivity contribution in [2.24, 2.45) is 0 Å². The van der Waals surface area contributed by atoms with Crippen molar-refractivity contribution in [1.82, 2.24) is 5.32 Å². The molecule has 0 radical (unpaired) electrons. The van der Waals surface area contributed by atoms with Crippen LogP contribution in [0.15, 0.2) is 66.7 Å². The summed E-state index contributed by atoms with van der Waals surface area (Å²) < 4.78 is 0. The molecule has 0 saturated heterocycles. The number of rotatable bonds is 5. The summed E-state index contributed by atoms with van der Waals surface area (Å²) in [7, 11) is 0. The molecule has 142 valence electrons. The molecule has 3 aromatic carbocycles. The maximum Gasteiger partial charge on any atom is 0.255 e. The molecule has 0 bridgehead atoms. The molecule has 0 heterocycles. The summed E-state index contributed by atoms with van der Waals surface area (Å²) in [6, 6.07) is 20.5. The average Bonchev–Trinajstić information content (AvgIpc) is 2.70. The zero-order chi connectivity index (χ0) is 20.1. The van der Waals surface area contributed by atoms with E-state index in [0.29, 0.717) is 17.7 Å². The van der Waals surface area contributed by atoms with Crippen molar-refractivity contribution in [3.05, 3.63) is 100 Å². The lowest BCUT2D eigenvalue weighted by Gasteiger charge is -2.10. The molecular formula is C24H24N2O2. The highest BCUT2D eigenvalue weighted by Crippen LogP contribution is 2.16. The fourth-order valence-corrected chi connectivity index (χ4v) is 2.91. The molecule has 0 atom stereocenters. The Labute approximate surface area is 165 Å². The van der Waals surface area contributed by atoms with Gasteiger partial charge in [-0.25, -0.2) is 0 Å². The monoisotopic (exact) mass is 372 g/mol. The number of hydrogen-bond acceptors (Lipinski definition) is 2. The van der Waals surface area contributed by atoms with E-state index in [1.807, 2.05) is 63.2 Å². The summed E-state index contributed by atoms with van der Waals surface area (Å²) in [5, 5.41) is 5.80. The zero-order valence-corrected chi connectivity index (χ0v) is 16.4. The third-order valence-corrected chi connectivity index (χ3v) is 4.85. The average molecular weight is 372 g/mol. The van der Waals surface area contributed by atoms with E-state index in [-0.39, 0.29) is 11.8 Å². The van der Waals surface area contributed by atoms with Crippen LogP contribution in [0.4, 0.5) is 5.69 Å². The molecule has 3 aromatic rings. The van der Waals surface area contributed by atoms with Gasteiger partial charge in [0.2, 0.25) is 0 Å². The van der Waals surface area contributed by atoms with Crippen LogP contribution in [-0.4, -0.2) is 11.8 Å². The number of carbonyl (C=O) groups is 2. The normalized spacial score (nSPS) is 10.4. The molecule has 4 heteroatoms. The lowest BCUT2D eigenvalue weighted by molar-refractivity contribution is 0.0951. The van der Waals surface area contributed by atoms with E-state index in [2.05, 4.69) is 10.6 Å². The smallest absolute Gasteiger partial charge is 0.255 e. The van der Waals surface area contributed by atoms with Crippen molar-refractivity contribution in [1.29, 1.82) is 0 Å². The fraction of sp³-hybridized carbons (Fsp3) is 0.167. The minimum absolute atomic E-state index is 0.205. The first kappa shape index (κ1) is 19.4. The van der Waals surface area contributed by atoms with Gasteiger partial charge in [0.1, 0.15) is 0 Å². The number of nitrogens with one attached hydrogen (secondary N) is 2. The van der Waals surface area contributed by atoms with Crippen LogP contribution >= 0.6 is 0 Å². The highest BCUT2D eigenvalue weighted by atomic mass is 16.2. The van der Waals surface area contributed by atoms with Gasteiger partial charge in [-0.15, -0.1) is 0 Å². The molecule has 2 amide bonds. The molecule has 0 spiro atoms. The van der Waals surface area contributed by atoms with Crippen LogP contribution in [0.1, 0.15) is 43.0 Å². The Balaban J connectivity index is 1.68. The second-order valence-corrected chi connectivity index (χ2v) is 6.94. The molecule has 0 unspecified atom stereocenters. The Kier molecular flexibility index (Phi) is 5.90.